The SMILES string of the molecule is NCC1(CNC(=O)NC2CCOC2)CCCC1. The summed E-state index contributed by atoms with van der Waals surface area (Å²) >= 11 is 0. The first-order valence-corrected chi connectivity index (χ1v) is 6.56. The van der Waals surface area contributed by atoms with Gasteiger partial charge in [0.2, 0.25) is 0 Å². The van der Waals surface area contributed by atoms with Gasteiger partial charge in [-0.1, -0.05) is 12.8 Å². The molecule has 0 aromatic heterocycles. The largest absolute Gasteiger partial charge is 0.379 e. The Kier molecular flexibility index (Phi) is 4.23. The van der Waals surface area contributed by atoms with Crippen LogP contribution in [0.1, 0.15) is 32.1 Å². The molecule has 1 heterocycles. The van der Waals surface area contributed by atoms with E-state index in [1.165, 1.54) is 12.8 Å². The van der Waals surface area contributed by atoms with Crippen LogP contribution in [-0.2, 0) is 4.74 Å². The second kappa shape index (κ2) is 5.69. The maximum atomic E-state index is 11.7. The Bertz CT molecular complexity index is 258. The normalized spacial score (nSPS) is 27.0. The second-order valence-electron chi connectivity index (χ2n) is 5.30. The van der Waals surface area contributed by atoms with Gasteiger partial charge in [0.25, 0.3) is 0 Å². The number of ether oxygens (including phenoxy) is 1. The molecule has 1 unspecified atom stereocenters. The lowest BCUT2D eigenvalue weighted by Gasteiger charge is -2.27. The monoisotopic (exact) mass is 241 g/mol. The van der Waals surface area contributed by atoms with Crippen molar-refractivity contribution in [3.63, 3.8) is 0 Å². The molecule has 0 spiro atoms. The fourth-order valence-corrected chi connectivity index (χ4v) is 2.73. The summed E-state index contributed by atoms with van der Waals surface area (Å²) in [4.78, 5) is 11.7. The highest BCUT2D eigenvalue weighted by molar-refractivity contribution is 5.74. The standard InChI is InChI=1S/C12H23N3O2/c13-8-12(4-1-2-5-12)9-14-11(16)15-10-3-6-17-7-10/h10H,1-9,13H2,(H2,14,15,16). The minimum absolute atomic E-state index is 0.0831. The van der Waals surface area contributed by atoms with Gasteiger partial charge in [-0.3, -0.25) is 0 Å². The molecule has 17 heavy (non-hydrogen) atoms. The molecule has 5 heteroatoms. The van der Waals surface area contributed by atoms with E-state index in [-0.39, 0.29) is 17.5 Å². The van der Waals surface area contributed by atoms with Gasteiger partial charge in [-0.15, -0.1) is 0 Å². The van der Waals surface area contributed by atoms with E-state index in [9.17, 15) is 4.79 Å². The fourth-order valence-electron chi connectivity index (χ4n) is 2.73. The molecular formula is C12H23N3O2. The smallest absolute Gasteiger partial charge is 0.315 e. The number of rotatable bonds is 4. The van der Waals surface area contributed by atoms with Crippen LogP contribution < -0.4 is 16.4 Å². The Balaban J connectivity index is 1.71. The summed E-state index contributed by atoms with van der Waals surface area (Å²) in [6.07, 6.45) is 5.65. The Morgan fingerprint density at radius 1 is 1.41 bits per heavy atom. The Morgan fingerprint density at radius 2 is 2.18 bits per heavy atom. The van der Waals surface area contributed by atoms with Gasteiger partial charge < -0.3 is 21.1 Å². The molecule has 2 aliphatic rings. The maximum absolute atomic E-state index is 11.7. The number of carbonyl (C=O) groups excluding carboxylic acids is 1. The molecule has 2 amide bonds. The zero-order valence-electron chi connectivity index (χ0n) is 10.3. The Hall–Kier alpha value is -0.810. The summed E-state index contributed by atoms with van der Waals surface area (Å²) in [7, 11) is 0. The lowest BCUT2D eigenvalue weighted by molar-refractivity contribution is 0.187. The van der Waals surface area contributed by atoms with Crippen LogP contribution in [0, 0.1) is 5.41 Å². The Morgan fingerprint density at radius 3 is 2.76 bits per heavy atom. The molecule has 1 aliphatic heterocycles. The van der Waals surface area contributed by atoms with Crippen LogP contribution in [-0.4, -0.2) is 38.4 Å². The average Bonchev–Trinajstić information content (AvgIpc) is 2.98. The highest BCUT2D eigenvalue weighted by Gasteiger charge is 2.32. The van der Waals surface area contributed by atoms with E-state index >= 15 is 0 Å². The minimum Gasteiger partial charge on any atom is -0.379 e. The van der Waals surface area contributed by atoms with Crippen molar-refractivity contribution in [2.24, 2.45) is 11.1 Å². The summed E-state index contributed by atoms with van der Waals surface area (Å²) in [5, 5.41) is 5.89. The molecule has 0 aromatic rings. The molecule has 1 saturated heterocycles. The topological polar surface area (TPSA) is 76.4 Å². The van der Waals surface area contributed by atoms with Crippen molar-refractivity contribution < 1.29 is 9.53 Å². The van der Waals surface area contributed by atoms with Gasteiger partial charge >= 0.3 is 6.03 Å². The van der Waals surface area contributed by atoms with E-state index in [2.05, 4.69) is 10.6 Å². The van der Waals surface area contributed by atoms with Gasteiger partial charge in [0.15, 0.2) is 0 Å². The van der Waals surface area contributed by atoms with Crippen LogP contribution in [0.3, 0.4) is 0 Å². The van der Waals surface area contributed by atoms with E-state index in [0.29, 0.717) is 19.7 Å². The molecule has 98 valence electrons. The molecule has 2 fully saturated rings. The van der Waals surface area contributed by atoms with E-state index in [0.717, 1.165) is 25.9 Å². The van der Waals surface area contributed by atoms with E-state index < -0.39 is 0 Å². The van der Waals surface area contributed by atoms with Crippen molar-refractivity contribution >= 4 is 6.03 Å². The molecule has 0 radical (unpaired) electrons. The number of nitrogens with two attached hydrogens (primary N) is 1. The maximum Gasteiger partial charge on any atom is 0.315 e. The van der Waals surface area contributed by atoms with Crippen LogP contribution in [0.4, 0.5) is 4.79 Å². The zero-order valence-corrected chi connectivity index (χ0v) is 10.3. The average molecular weight is 241 g/mol. The molecule has 0 bridgehead atoms. The fraction of sp³-hybridized carbons (Fsp3) is 0.917. The van der Waals surface area contributed by atoms with Crippen LogP contribution in [0.2, 0.25) is 0 Å². The number of carbonyl (C=O) groups is 1. The van der Waals surface area contributed by atoms with Gasteiger partial charge in [-0.25, -0.2) is 4.79 Å². The molecule has 1 aliphatic carbocycles. The lowest BCUT2D eigenvalue weighted by Crippen LogP contribution is -2.47. The summed E-state index contributed by atoms with van der Waals surface area (Å²) in [5.41, 5.74) is 5.97. The molecule has 5 nitrogen and oxygen atoms in total. The van der Waals surface area contributed by atoms with E-state index in [4.69, 9.17) is 10.5 Å². The van der Waals surface area contributed by atoms with E-state index in [1.807, 2.05) is 0 Å². The predicted octanol–water partition coefficient (Wildman–Crippen LogP) is 0.594. The predicted molar refractivity (Wildman–Crippen MR) is 65.7 cm³/mol. The van der Waals surface area contributed by atoms with E-state index in [1.54, 1.807) is 0 Å². The minimum atomic E-state index is -0.0831. The van der Waals surface area contributed by atoms with Crippen molar-refractivity contribution in [2.75, 3.05) is 26.3 Å². The third-order valence-corrected chi connectivity index (χ3v) is 3.99. The first kappa shape index (κ1) is 12.6. The van der Waals surface area contributed by atoms with Crippen molar-refractivity contribution in [3.8, 4) is 0 Å². The highest BCUT2D eigenvalue weighted by Crippen LogP contribution is 2.36. The third-order valence-electron chi connectivity index (χ3n) is 3.99. The van der Waals surface area contributed by atoms with Gasteiger partial charge in [-0.05, 0) is 25.8 Å². The second-order valence-corrected chi connectivity index (χ2v) is 5.30. The van der Waals surface area contributed by atoms with Crippen LogP contribution in [0.15, 0.2) is 0 Å². The highest BCUT2D eigenvalue weighted by atomic mass is 16.5. The first-order chi connectivity index (χ1) is 8.24. The summed E-state index contributed by atoms with van der Waals surface area (Å²) in [6, 6.07) is 0.0904. The zero-order chi connectivity index (χ0) is 12.1. The van der Waals surface area contributed by atoms with Crippen molar-refractivity contribution in [2.45, 2.75) is 38.1 Å². The molecule has 1 saturated carbocycles. The molecule has 2 rings (SSSR count). The first-order valence-electron chi connectivity index (χ1n) is 6.56. The molecular weight excluding hydrogens is 218 g/mol. The van der Waals surface area contributed by atoms with Gasteiger partial charge in [0, 0.05) is 18.6 Å². The summed E-state index contributed by atoms with van der Waals surface area (Å²) < 4.78 is 5.21. The molecule has 1 atom stereocenters. The number of nitrogens with one attached hydrogen (secondary N) is 2. The van der Waals surface area contributed by atoms with Crippen LogP contribution in [0.25, 0.3) is 0 Å². The number of amides is 2. The third kappa shape index (κ3) is 3.33. The lowest BCUT2D eigenvalue weighted by atomic mass is 9.86. The van der Waals surface area contributed by atoms with Crippen LogP contribution >= 0.6 is 0 Å². The molecule has 0 aromatic carbocycles. The molecule has 4 N–H and O–H groups in total. The summed E-state index contributed by atoms with van der Waals surface area (Å²) in [5.74, 6) is 0. The number of urea groups is 1. The van der Waals surface area contributed by atoms with Crippen molar-refractivity contribution in [1.29, 1.82) is 0 Å². The van der Waals surface area contributed by atoms with Gasteiger partial charge in [-0.2, -0.15) is 0 Å². The number of hydrogen-bond donors (Lipinski definition) is 3. The van der Waals surface area contributed by atoms with Crippen molar-refractivity contribution in [3.05, 3.63) is 0 Å². The van der Waals surface area contributed by atoms with Gasteiger partial charge in [0.1, 0.15) is 0 Å². The summed E-state index contributed by atoms with van der Waals surface area (Å²) in [6.45, 7) is 2.75. The number of hydrogen-bond acceptors (Lipinski definition) is 3. The van der Waals surface area contributed by atoms with Gasteiger partial charge in [0.05, 0.1) is 12.6 Å². The van der Waals surface area contributed by atoms with Crippen molar-refractivity contribution in [1.82, 2.24) is 10.6 Å². The Labute approximate surface area is 102 Å². The van der Waals surface area contributed by atoms with Crippen LogP contribution in [0.5, 0.6) is 0 Å². The quantitative estimate of drug-likeness (QED) is 0.674.